The molecule has 0 saturated heterocycles. The highest BCUT2D eigenvalue weighted by molar-refractivity contribution is 5.40. The molecule has 1 aromatic carbocycles. The van der Waals surface area contributed by atoms with E-state index >= 15 is 0 Å². The van der Waals surface area contributed by atoms with Gasteiger partial charge in [0.2, 0.25) is 0 Å². The van der Waals surface area contributed by atoms with E-state index in [1.54, 1.807) is 18.2 Å². The quantitative estimate of drug-likeness (QED) is 0.605. The molecule has 3 aliphatic carbocycles. The maximum absolute atomic E-state index is 5.47. The number of ether oxygens (including phenoxy) is 1. The number of methoxy groups -OCH3 is 1. The molecule has 0 aliphatic heterocycles. The van der Waals surface area contributed by atoms with Crippen LogP contribution in [0.3, 0.4) is 0 Å². The third-order valence-corrected chi connectivity index (χ3v) is 8.25. The minimum absolute atomic E-state index is 0.511. The van der Waals surface area contributed by atoms with Crippen molar-refractivity contribution in [3.8, 4) is 5.75 Å². The molecule has 149 valence electrons. The summed E-state index contributed by atoms with van der Waals surface area (Å²) >= 11 is 0. The van der Waals surface area contributed by atoms with E-state index in [4.69, 9.17) is 4.74 Å². The SMILES string of the molecule is [CH2]CCCCCN[C@H]1CCC2C3CCc4cc(OC)ccc4C3CC[C@@]21C. The Hall–Kier alpha value is -1.02. The lowest BCUT2D eigenvalue weighted by Crippen LogP contribution is -2.48. The molecule has 1 aromatic rings. The van der Waals surface area contributed by atoms with Crippen LogP contribution in [-0.4, -0.2) is 19.7 Å². The minimum atomic E-state index is 0.511. The van der Waals surface area contributed by atoms with Crippen molar-refractivity contribution >= 4 is 0 Å². The molecule has 0 spiro atoms. The molecule has 3 unspecified atom stereocenters. The lowest BCUT2D eigenvalue weighted by molar-refractivity contribution is 0.0412. The zero-order valence-electron chi connectivity index (χ0n) is 17.4. The maximum Gasteiger partial charge on any atom is 0.119 e. The Bertz CT molecular complexity index is 641. The number of rotatable bonds is 7. The molecular formula is C25H38NO. The summed E-state index contributed by atoms with van der Waals surface area (Å²) in [7, 11) is 1.78. The normalized spacial score (nSPS) is 34.6. The van der Waals surface area contributed by atoms with Crippen LogP contribution < -0.4 is 10.1 Å². The summed E-state index contributed by atoms with van der Waals surface area (Å²) in [6.07, 6.45) is 13.2. The lowest BCUT2D eigenvalue weighted by atomic mass is 9.55. The zero-order chi connectivity index (χ0) is 18.9. The van der Waals surface area contributed by atoms with Crippen LogP contribution in [0.4, 0.5) is 0 Å². The predicted molar refractivity (Wildman–Crippen MR) is 113 cm³/mol. The molecule has 1 radical (unpaired) electrons. The molecule has 2 nitrogen and oxygen atoms in total. The largest absolute Gasteiger partial charge is 0.497 e. The number of hydrogen-bond acceptors (Lipinski definition) is 2. The van der Waals surface area contributed by atoms with Crippen LogP contribution in [0, 0.1) is 24.2 Å². The third-order valence-electron chi connectivity index (χ3n) is 8.25. The van der Waals surface area contributed by atoms with E-state index in [0.29, 0.717) is 5.41 Å². The highest BCUT2D eigenvalue weighted by atomic mass is 16.5. The first-order chi connectivity index (χ1) is 13.2. The maximum atomic E-state index is 5.47. The Morgan fingerprint density at radius 1 is 1.15 bits per heavy atom. The van der Waals surface area contributed by atoms with E-state index in [0.717, 1.165) is 36.0 Å². The number of aryl methyl sites for hydroxylation is 1. The van der Waals surface area contributed by atoms with Crippen LogP contribution >= 0.6 is 0 Å². The monoisotopic (exact) mass is 368 g/mol. The molecule has 2 fully saturated rings. The summed E-state index contributed by atoms with van der Waals surface area (Å²) in [5.41, 5.74) is 3.70. The van der Waals surface area contributed by atoms with Crippen molar-refractivity contribution in [1.82, 2.24) is 5.32 Å². The second kappa shape index (κ2) is 8.15. The summed E-state index contributed by atoms with van der Waals surface area (Å²) in [6.45, 7) is 7.77. The molecular weight excluding hydrogens is 330 g/mol. The summed E-state index contributed by atoms with van der Waals surface area (Å²) in [6, 6.07) is 7.59. The standard InChI is InChI=1S/C25H38NO/c1-4-5-6-7-16-26-24-13-12-23-22-10-8-18-17-19(27-3)9-11-20(18)21(22)14-15-25(23,24)2/h9,11,17,21-24,26H,1,4-8,10,12-16H2,2-3H3/t21?,22?,23?,24-,25-/m0/s1. The number of fused-ring (bicyclic) bond motifs is 5. The van der Waals surface area contributed by atoms with Gasteiger partial charge >= 0.3 is 0 Å². The predicted octanol–water partition coefficient (Wildman–Crippen LogP) is 5.90. The molecule has 0 heterocycles. The lowest BCUT2D eigenvalue weighted by Gasteiger charge is -2.51. The summed E-state index contributed by atoms with van der Waals surface area (Å²) < 4.78 is 5.47. The van der Waals surface area contributed by atoms with Crippen LogP contribution in [0.5, 0.6) is 5.75 Å². The van der Waals surface area contributed by atoms with Gasteiger partial charge in [-0.15, -0.1) is 0 Å². The van der Waals surface area contributed by atoms with Gasteiger partial charge in [0.1, 0.15) is 5.75 Å². The van der Waals surface area contributed by atoms with Crippen LogP contribution in [0.2, 0.25) is 0 Å². The molecule has 0 aromatic heterocycles. The van der Waals surface area contributed by atoms with Gasteiger partial charge in [0, 0.05) is 6.04 Å². The van der Waals surface area contributed by atoms with Crippen molar-refractivity contribution in [1.29, 1.82) is 0 Å². The van der Waals surface area contributed by atoms with Crippen molar-refractivity contribution in [2.75, 3.05) is 13.7 Å². The molecule has 0 bridgehead atoms. The Morgan fingerprint density at radius 3 is 2.85 bits per heavy atom. The average molecular weight is 369 g/mol. The molecule has 1 N–H and O–H groups in total. The first-order valence-corrected chi connectivity index (χ1v) is 11.4. The van der Waals surface area contributed by atoms with Gasteiger partial charge in [-0.1, -0.05) is 39.2 Å². The van der Waals surface area contributed by atoms with E-state index in [-0.39, 0.29) is 0 Å². The zero-order valence-corrected chi connectivity index (χ0v) is 17.4. The van der Waals surface area contributed by atoms with Gasteiger partial charge in [-0.05, 0) is 97.9 Å². The van der Waals surface area contributed by atoms with E-state index in [1.165, 1.54) is 64.3 Å². The van der Waals surface area contributed by atoms with Gasteiger partial charge in [-0.2, -0.15) is 0 Å². The van der Waals surface area contributed by atoms with Gasteiger partial charge in [0.05, 0.1) is 7.11 Å². The summed E-state index contributed by atoms with van der Waals surface area (Å²) in [4.78, 5) is 0. The van der Waals surface area contributed by atoms with Crippen LogP contribution in [-0.2, 0) is 6.42 Å². The fourth-order valence-electron chi connectivity index (χ4n) is 6.78. The third kappa shape index (κ3) is 3.55. The van der Waals surface area contributed by atoms with Crippen molar-refractivity contribution in [3.63, 3.8) is 0 Å². The summed E-state index contributed by atoms with van der Waals surface area (Å²) in [5.74, 6) is 3.61. The smallest absolute Gasteiger partial charge is 0.119 e. The minimum Gasteiger partial charge on any atom is -0.497 e. The van der Waals surface area contributed by atoms with Crippen molar-refractivity contribution in [3.05, 3.63) is 36.2 Å². The molecule has 5 atom stereocenters. The van der Waals surface area contributed by atoms with Gasteiger partial charge in [-0.25, -0.2) is 0 Å². The van der Waals surface area contributed by atoms with Gasteiger partial charge < -0.3 is 10.1 Å². The number of unbranched alkanes of at least 4 members (excludes halogenated alkanes) is 3. The van der Waals surface area contributed by atoms with Crippen LogP contribution in [0.15, 0.2) is 18.2 Å². The molecule has 2 heteroatoms. The molecule has 27 heavy (non-hydrogen) atoms. The second-order valence-electron chi connectivity index (χ2n) is 9.52. The first kappa shape index (κ1) is 19.3. The average Bonchev–Trinajstić information content (AvgIpc) is 3.03. The van der Waals surface area contributed by atoms with Gasteiger partial charge in [0.25, 0.3) is 0 Å². The highest BCUT2D eigenvalue weighted by Gasteiger charge is 2.54. The van der Waals surface area contributed by atoms with Crippen molar-refractivity contribution in [2.24, 2.45) is 17.3 Å². The number of benzene rings is 1. The number of nitrogens with one attached hydrogen (secondary N) is 1. The van der Waals surface area contributed by atoms with Crippen LogP contribution in [0.1, 0.15) is 81.8 Å². The van der Waals surface area contributed by atoms with E-state index in [9.17, 15) is 0 Å². The second-order valence-corrected chi connectivity index (χ2v) is 9.52. The van der Waals surface area contributed by atoms with Crippen LogP contribution in [0.25, 0.3) is 0 Å². The molecule has 0 amide bonds. The summed E-state index contributed by atoms with van der Waals surface area (Å²) in [5, 5.41) is 3.97. The number of hydrogen-bond donors (Lipinski definition) is 1. The Balaban J connectivity index is 1.44. The van der Waals surface area contributed by atoms with E-state index in [2.05, 4.69) is 37.4 Å². The fraction of sp³-hybridized carbons (Fsp3) is 0.720. The Morgan fingerprint density at radius 2 is 2.04 bits per heavy atom. The highest BCUT2D eigenvalue weighted by Crippen LogP contribution is 2.60. The molecule has 4 rings (SSSR count). The van der Waals surface area contributed by atoms with Crippen molar-refractivity contribution in [2.45, 2.75) is 83.1 Å². The molecule has 3 aliphatic rings. The van der Waals surface area contributed by atoms with Crippen molar-refractivity contribution < 1.29 is 4.74 Å². The van der Waals surface area contributed by atoms with E-state index < -0.39 is 0 Å². The van der Waals surface area contributed by atoms with Gasteiger partial charge in [-0.3, -0.25) is 0 Å². The molecule has 2 saturated carbocycles. The van der Waals surface area contributed by atoms with E-state index in [1.807, 2.05) is 0 Å². The topological polar surface area (TPSA) is 21.3 Å². The first-order valence-electron chi connectivity index (χ1n) is 11.4. The fourth-order valence-corrected chi connectivity index (χ4v) is 6.78. The Kier molecular flexibility index (Phi) is 5.83. The Labute approximate surface area is 166 Å². The van der Waals surface area contributed by atoms with Gasteiger partial charge in [0.15, 0.2) is 0 Å².